The number of benzene rings is 1. The first kappa shape index (κ1) is 17.6. The standard InChI is InChI=1S/C13H18N4O4S/c1-16(2)13(19)17(11(14)21-4)12(18)15-22-10-7-5-9(20-3)6-8-10/h5-8,14H,1-4H3,(H,15,18). The molecule has 0 fully saturated rings. The van der Waals surface area contributed by atoms with Gasteiger partial charge in [0.1, 0.15) is 5.75 Å². The number of carbonyl (C=O) groups is 2. The van der Waals surface area contributed by atoms with Crippen molar-refractivity contribution in [3.8, 4) is 5.75 Å². The van der Waals surface area contributed by atoms with E-state index < -0.39 is 18.1 Å². The second-order valence-electron chi connectivity index (χ2n) is 4.21. The number of amides is 4. The zero-order valence-corrected chi connectivity index (χ0v) is 13.6. The van der Waals surface area contributed by atoms with E-state index in [0.717, 1.165) is 16.8 Å². The Morgan fingerprint density at radius 2 is 1.77 bits per heavy atom. The van der Waals surface area contributed by atoms with E-state index in [9.17, 15) is 9.59 Å². The van der Waals surface area contributed by atoms with E-state index >= 15 is 0 Å². The monoisotopic (exact) mass is 326 g/mol. The van der Waals surface area contributed by atoms with Crippen molar-refractivity contribution in [3.63, 3.8) is 0 Å². The van der Waals surface area contributed by atoms with Crippen LogP contribution < -0.4 is 9.46 Å². The number of carbonyl (C=O) groups excluding carboxylic acids is 2. The van der Waals surface area contributed by atoms with E-state index in [4.69, 9.17) is 10.1 Å². The van der Waals surface area contributed by atoms with Gasteiger partial charge in [0.15, 0.2) is 0 Å². The molecule has 0 aliphatic rings. The van der Waals surface area contributed by atoms with Crippen LogP contribution in [0.15, 0.2) is 29.2 Å². The maximum Gasteiger partial charge on any atom is 0.344 e. The highest BCUT2D eigenvalue weighted by Crippen LogP contribution is 2.19. The molecule has 22 heavy (non-hydrogen) atoms. The first-order valence-electron chi connectivity index (χ1n) is 6.15. The van der Waals surface area contributed by atoms with Crippen LogP contribution in [0.5, 0.6) is 5.75 Å². The highest BCUT2D eigenvalue weighted by molar-refractivity contribution is 7.98. The number of urea groups is 2. The molecule has 0 saturated carbocycles. The molecule has 0 bridgehead atoms. The Hall–Kier alpha value is -2.42. The number of nitrogens with zero attached hydrogens (tertiary/aromatic N) is 2. The van der Waals surface area contributed by atoms with Gasteiger partial charge in [-0.25, -0.2) is 9.59 Å². The molecular weight excluding hydrogens is 308 g/mol. The lowest BCUT2D eigenvalue weighted by Crippen LogP contribution is -2.50. The van der Waals surface area contributed by atoms with Gasteiger partial charge in [-0.05, 0) is 36.2 Å². The van der Waals surface area contributed by atoms with Gasteiger partial charge < -0.3 is 14.4 Å². The minimum absolute atomic E-state index is 0.563. The molecule has 4 amide bonds. The van der Waals surface area contributed by atoms with Crippen LogP contribution in [0.4, 0.5) is 9.59 Å². The van der Waals surface area contributed by atoms with Gasteiger partial charge in [-0.1, -0.05) is 0 Å². The molecule has 0 spiro atoms. The Balaban J connectivity index is 2.74. The number of ether oxygens (including phenoxy) is 2. The van der Waals surface area contributed by atoms with E-state index in [2.05, 4.69) is 9.46 Å². The van der Waals surface area contributed by atoms with Gasteiger partial charge in [-0.3, -0.25) is 10.1 Å². The molecule has 0 aliphatic heterocycles. The van der Waals surface area contributed by atoms with Crippen LogP contribution in [-0.4, -0.2) is 56.2 Å². The zero-order valence-electron chi connectivity index (χ0n) is 12.7. The molecular formula is C13H18N4O4S. The first-order valence-corrected chi connectivity index (χ1v) is 6.97. The van der Waals surface area contributed by atoms with Gasteiger partial charge >= 0.3 is 18.1 Å². The van der Waals surface area contributed by atoms with Crippen LogP contribution in [0.2, 0.25) is 0 Å². The molecule has 1 rings (SSSR count). The van der Waals surface area contributed by atoms with Gasteiger partial charge in [0.05, 0.1) is 14.2 Å². The molecule has 9 heteroatoms. The maximum absolute atomic E-state index is 12.1. The molecule has 0 atom stereocenters. The average molecular weight is 326 g/mol. The van der Waals surface area contributed by atoms with Gasteiger partial charge in [-0.2, -0.15) is 4.90 Å². The van der Waals surface area contributed by atoms with Crippen molar-refractivity contribution < 1.29 is 19.1 Å². The topological polar surface area (TPSA) is 95.0 Å². The van der Waals surface area contributed by atoms with Crippen molar-refractivity contribution in [2.24, 2.45) is 0 Å². The summed E-state index contributed by atoms with van der Waals surface area (Å²) in [5.41, 5.74) is 0. The summed E-state index contributed by atoms with van der Waals surface area (Å²) in [7, 11) is 5.72. The fraction of sp³-hybridized carbons (Fsp3) is 0.308. The van der Waals surface area contributed by atoms with Gasteiger partial charge in [-0.15, -0.1) is 0 Å². The SMILES string of the molecule is COC(=N)N(C(=O)NSc1ccc(OC)cc1)C(=O)N(C)C. The van der Waals surface area contributed by atoms with Crippen molar-refractivity contribution in [1.82, 2.24) is 14.5 Å². The number of hydrogen-bond donors (Lipinski definition) is 2. The number of hydrogen-bond acceptors (Lipinski definition) is 6. The van der Waals surface area contributed by atoms with Crippen LogP contribution in [0.25, 0.3) is 0 Å². The van der Waals surface area contributed by atoms with E-state index in [1.54, 1.807) is 31.4 Å². The van der Waals surface area contributed by atoms with Crippen molar-refractivity contribution in [2.75, 3.05) is 28.3 Å². The maximum atomic E-state index is 12.1. The molecule has 2 N–H and O–H groups in total. The summed E-state index contributed by atoms with van der Waals surface area (Å²) in [6.07, 6.45) is 0. The summed E-state index contributed by atoms with van der Waals surface area (Å²) in [5.74, 6) is 0.696. The smallest absolute Gasteiger partial charge is 0.344 e. The number of nitrogens with one attached hydrogen (secondary N) is 2. The fourth-order valence-corrected chi connectivity index (χ4v) is 1.92. The Morgan fingerprint density at radius 3 is 2.23 bits per heavy atom. The minimum atomic E-state index is -0.772. The Kier molecular flexibility index (Phi) is 6.51. The minimum Gasteiger partial charge on any atom is -0.497 e. The van der Waals surface area contributed by atoms with Crippen LogP contribution in [0, 0.1) is 5.41 Å². The summed E-state index contributed by atoms with van der Waals surface area (Å²) in [4.78, 5) is 26.5. The molecule has 120 valence electrons. The Morgan fingerprint density at radius 1 is 1.18 bits per heavy atom. The molecule has 8 nitrogen and oxygen atoms in total. The Bertz CT molecular complexity index is 547. The van der Waals surface area contributed by atoms with Crippen LogP contribution in [0.1, 0.15) is 0 Å². The zero-order chi connectivity index (χ0) is 16.7. The summed E-state index contributed by atoms with van der Waals surface area (Å²) in [6.45, 7) is 0. The average Bonchev–Trinajstić information content (AvgIpc) is 2.53. The Labute approximate surface area is 133 Å². The number of imide groups is 1. The quantitative estimate of drug-likeness (QED) is 0.503. The molecule has 0 radical (unpaired) electrons. The summed E-state index contributed by atoms with van der Waals surface area (Å²) in [5, 5.41) is 7.55. The van der Waals surface area contributed by atoms with Crippen molar-refractivity contribution in [1.29, 1.82) is 5.41 Å². The fourth-order valence-electron chi connectivity index (χ4n) is 1.35. The third-order valence-electron chi connectivity index (χ3n) is 2.49. The van der Waals surface area contributed by atoms with E-state index in [0.29, 0.717) is 10.6 Å². The lowest BCUT2D eigenvalue weighted by atomic mass is 10.3. The number of amidine groups is 1. The van der Waals surface area contributed by atoms with E-state index in [1.165, 1.54) is 26.1 Å². The predicted octanol–water partition coefficient (Wildman–Crippen LogP) is 1.98. The van der Waals surface area contributed by atoms with Crippen LogP contribution >= 0.6 is 11.9 Å². The summed E-state index contributed by atoms with van der Waals surface area (Å²) < 4.78 is 12.2. The lowest BCUT2D eigenvalue weighted by Gasteiger charge is -2.23. The molecule has 0 heterocycles. The van der Waals surface area contributed by atoms with E-state index in [-0.39, 0.29) is 0 Å². The second kappa shape index (κ2) is 8.13. The largest absolute Gasteiger partial charge is 0.497 e. The summed E-state index contributed by atoms with van der Waals surface area (Å²) in [6, 6.07) is 4.98. The van der Waals surface area contributed by atoms with Gasteiger partial charge in [0.2, 0.25) is 0 Å². The molecule has 0 unspecified atom stereocenters. The van der Waals surface area contributed by atoms with E-state index in [1.807, 2.05) is 0 Å². The van der Waals surface area contributed by atoms with Crippen LogP contribution in [0.3, 0.4) is 0 Å². The first-order chi connectivity index (χ1) is 10.4. The molecule has 0 aliphatic carbocycles. The number of methoxy groups -OCH3 is 2. The lowest BCUT2D eigenvalue weighted by molar-refractivity contribution is 0.180. The molecule has 1 aromatic carbocycles. The predicted molar refractivity (Wildman–Crippen MR) is 83.0 cm³/mol. The van der Waals surface area contributed by atoms with Crippen molar-refractivity contribution >= 4 is 30.0 Å². The van der Waals surface area contributed by atoms with Crippen molar-refractivity contribution in [3.05, 3.63) is 24.3 Å². The van der Waals surface area contributed by atoms with Gasteiger partial charge in [0.25, 0.3) is 0 Å². The molecule has 0 aromatic heterocycles. The number of rotatable bonds is 3. The second-order valence-corrected chi connectivity index (χ2v) is 5.09. The van der Waals surface area contributed by atoms with Crippen molar-refractivity contribution in [2.45, 2.75) is 4.90 Å². The normalized spacial score (nSPS) is 9.64. The van der Waals surface area contributed by atoms with Gasteiger partial charge in [0, 0.05) is 19.0 Å². The van der Waals surface area contributed by atoms with Crippen LogP contribution in [-0.2, 0) is 4.74 Å². The third-order valence-corrected chi connectivity index (χ3v) is 3.27. The highest BCUT2D eigenvalue weighted by Gasteiger charge is 2.28. The highest BCUT2D eigenvalue weighted by atomic mass is 32.2. The molecule has 0 saturated heterocycles. The molecule has 1 aromatic rings. The third kappa shape index (κ3) is 4.55. The summed E-state index contributed by atoms with van der Waals surface area (Å²) >= 11 is 1.01.